The summed E-state index contributed by atoms with van der Waals surface area (Å²) in [5.41, 5.74) is 1.87. The van der Waals surface area contributed by atoms with Crippen LogP contribution in [0.2, 0.25) is 0 Å². The fourth-order valence-corrected chi connectivity index (χ4v) is 2.69. The zero-order chi connectivity index (χ0) is 14.1. The lowest BCUT2D eigenvalue weighted by molar-refractivity contribution is 0.367. The Morgan fingerprint density at radius 3 is 2.80 bits per heavy atom. The van der Waals surface area contributed by atoms with Gasteiger partial charge in [-0.3, -0.25) is 0 Å². The van der Waals surface area contributed by atoms with E-state index in [1.54, 1.807) is 0 Å². The van der Waals surface area contributed by atoms with Crippen molar-refractivity contribution in [3.05, 3.63) is 30.0 Å². The molecule has 3 heterocycles. The Bertz CT molecular complexity index is 608. The van der Waals surface area contributed by atoms with Crippen LogP contribution >= 0.6 is 0 Å². The number of pyridine rings is 2. The van der Waals surface area contributed by atoms with Crippen LogP contribution in [0.15, 0.2) is 24.3 Å². The third-order valence-corrected chi connectivity index (χ3v) is 4.01. The minimum Gasteiger partial charge on any atom is -0.354 e. The number of aryl methyl sites for hydroxylation is 1. The Hall–Kier alpha value is -1.68. The van der Waals surface area contributed by atoms with E-state index in [1.807, 2.05) is 13.0 Å². The maximum absolute atomic E-state index is 4.74. The van der Waals surface area contributed by atoms with Crippen LogP contribution in [0.5, 0.6) is 0 Å². The van der Waals surface area contributed by atoms with Crippen LogP contribution in [0.3, 0.4) is 0 Å². The standard InChI is InChI=1S/C16H22N4/c1-11(2)14-10-20(9-8-17-14)15-7-6-13-5-4-12(3)18-16(13)19-15/h4-7,11,14,17H,8-10H2,1-3H3/t14-/m1/s1. The molecule has 0 aromatic carbocycles. The molecule has 4 nitrogen and oxygen atoms in total. The molecule has 0 bridgehead atoms. The van der Waals surface area contributed by atoms with Gasteiger partial charge in [0.1, 0.15) is 5.82 Å². The molecule has 1 fully saturated rings. The van der Waals surface area contributed by atoms with Gasteiger partial charge in [0.2, 0.25) is 0 Å². The van der Waals surface area contributed by atoms with Crippen molar-refractivity contribution in [3.63, 3.8) is 0 Å². The predicted molar refractivity (Wildman–Crippen MR) is 83.1 cm³/mol. The summed E-state index contributed by atoms with van der Waals surface area (Å²) < 4.78 is 0. The van der Waals surface area contributed by atoms with Crippen molar-refractivity contribution < 1.29 is 0 Å². The molecule has 0 saturated carbocycles. The van der Waals surface area contributed by atoms with Crippen molar-refractivity contribution in [3.8, 4) is 0 Å². The van der Waals surface area contributed by atoms with E-state index in [4.69, 9.17) is 4.98 Å². The van der Waals surface area contributed by atoms with Gasteiger partial charge in [-0.05, 0) is 37.1 Å². The molecule has 20 heavy (non-hydrogen) atoms. The van der Waals surface area contributed by atoms with Crippen molar-refractivity contribution in [1.82, 2.24) is 15.3 Å². The highest BCUT2D eigenvalue weighted by molar-refractivity contribution is 5.76. The molecule has 3 rings (SSSR count). The summed E-state index contributed by atoms with van der Waals surface area (Å²) in [6.45, 7) is 9.58. The molecule has 2 aromatic heterocycles. The van der Waals surface area contributed by atoms with Crippen LogP contribution in [-0.2, 0) is 0 Å². The van der Waals surface area contributed by atoms with E-state index < -0.39 is 0 Å². The average molecular weight is 270 g/mol. The van der Waals surface area contributed by atoms with Gasteiger partial charge >= 0.3 is 0 Å². The van der Waals surface area contributed by atoms with Gasteiger partial charge in [0, 0.05) is 36.8 Å². The lowest BCUT2D eigenvalue weighted by Crippen LogP contribution is -2.53. The van der Waals surface area contributed by atoms with Gasteiger partial charge < -0.3 is 10.2 Å². The Kier molecular flexibility index (Phi) is 3.57. The summed E-state index contributed by atoms with van der Waals surface area (Å²) in [7, 11) is 0. The van der Waals surface area contributed by atoms with Gasteiger partial charge in [-0.15, -0.1) is 0 Å². The molecule has 1 aliphatic heterocycles. The Morgan fingerprint density at radius 2 is 2.00 bits per heavy atom. The molecule has 1 aliphatic rings. The van der Waals surface area contributed by atoms with Gasteiger partial charge in [0.25, 0.3) is 0 Å². The molecule has 0 aliphatic carbocycles. The van der Waals surface area contributed by atoms with E-state index in [0.29, 0.717) is 12.0 Å². The second kappa shape index (κ2) is 5.37. The van der Waals surface area contributed by atoms with Crippen LogP contribution in [0.4, 0.5) is 5.82 Å². The van der Waals surface area contributed by atoms with E-state index in [1.165, 1.54) is 0 Å². The van der Waals surface area contributed by atoms with Crippen LogP contribution in [0.25, 0.3) is 11.0 Å². The fourth-order valence-electron chi connectivity index (χ4n) is 2.69. The molecule has 4 heteroatoms. The molecule has 0 radical (unpaired) electrons. The topological polar surface area (TPSA) is 41.0 Å². The normalized spacial score (nSPS) is 19.8. The molecular weight excluding hydrogens is 248 g/mol. The third kappa shape index (κ3) is 2.61. The first-order chi connectivity index (χ1) is 9.63. The summed E-state index contributed by atoms with van der Waals surface area (Å²) >= 11 is 0. The molecule has 0 amide bonds. The van der Waals surface area contributed by atoms with E-state index in [-0.39, 0.29) is 0 Å². The Balaban J connectivity index is 1.89. The van der Waals surface area contributed by atoms with Crippen molar-refractivity contribution in [2.75, 3.05) is 24.5 Å². The SMILES string of the molecule is Cc1ccc2ccc(N3CCN[C@@H](C(C)C)C3)nc2n1. The number of fused-ring (bicyclic) bond motifs is 1. The molecule has 1 N–H and O–H groups in total. The highest BCUT2D eigenvalue weighted by Gasteiger charge is 2.22. The van der Waals surface area contributed by atoms with Gasteiger partial charge in [0.15, 0.2) is 5.65 Å². The molecule has 0 spiro atoms. The summed E-state index contributed by atoms with van der Waals surface area (Å²) in [4.78, 5) is 11.6. The van der Waals surface area contributed by atoms with E-state index in [0.717, 1.165) is 42.2 Å². The first kappa shape index (κ1) is 13.3. The molecule has 0 unspecified atom stereocenters. The van der Waals surface area contributed by atoms with Crippen molar-refractivity contribution >= 4 is 16.9 Å². The number of hydrogen-bond acceptors (Lipinski definition) is 4. The lowest BCUT2D eigenvalue weighted by atomic mass is 10.0. The summed E-state index contributed by atoms with van der Waals surface area (Å²) in [5, 5.41) is 4.69. The Labute approximate surface area is 120 Å². The van der Waals surface area contributed by atoms with Crippen LogP contribution in [0.1, 0.15) is 19.5 Å². The number of rotatable bonds is 2. The zero-order valence-corrected chi connectivity index (χ0v) is 12.4. The van der Waals surface area contributed by atoms with E-state index >= 15 is 0 Å². The minimum absolute atomic E-state index is 0.534. The molecule has 1 saturated heterocycles. The number of nitrogens with zero attached hydrogens (tertiary/aromatic N) is 3. The first-order valence-corrected chi connectivity index (χ1v) is 7.36. The second-order valence-electron chi connectivity index (χ2n) is 5.92. The lowest BCUT2D eigenvalue weighted by Gasteiger charge is -2.36. The van der Waals surface area contributed by atoms with Crippen LogP contribution in [0, 0.1) is 12.8 Å². The quantitative estimate of drug-likeness (QED) is 0.909. The van der Waals surface area contributed by atoms with Crippen molar-refractivity contribution in [2.45, 2.75) is 26.8 Å². The third-order valence-electron chi connectivity index (χ3n) is 4.01. The highest BCUT2D eigenvalue weighted by Crippen LogP contribution is 2.19. The van der Waals surface area contributed by atoms with Gasteiger partial charge in [-0.2, -0.15) is 0 Å². The van der Waals surface area contributed by atoms with Gasteiger partial charge in [-0.1, -0.05) is 13.8 Å². The molecule has 1 atom stereocenters. The monoisotopic (exact) mass is 270 g/mol. The number of anilines is 1. The number of nitrogens with one attached hydrogen (secondary N) is 1. The minimum atomic E-state index is 0.534. The zero-order valence-electron chi connectivity index (χ0n) is 12.4. The second-order valence-corrected chi connectivity index (χ2v) is 5.92. The fraction of sp³-hybridized carbons (Fsp3) is 0.500. The maximum Gasteiger partial charge on any atom is 0.161 e. The largest absolute Gasteiger partial charge is 0.354 e. The highest BCUT2D eigenvalue weighted by atomic mass is 15.2. The Morgan fingerprint density at radius 1 is 1.20 bits per heavy atom. The molecule has 106 valence electrons. The predicted octanol–water partition coefficient (Wildman–Crippen LogP) is 2.37. The smallest absolute Gasteiger partial charge is 0.161 e. The van der Waals surface area contributed by atoms with Gasteiger partial charge in [-0.25, -0.2) is 9.97 Å². The summed E-state index contributed by atoms with van der Waals surface area (Å²) in [6.07, 6.45) is 0. The number of hydrogen-bond donors (Lipinski definition) is 1. The van der Waals surface area contributed by atoms with Crippen molar-refractivity contribution in [2.24, 2.45) is 5.92 Å². The average Bonchev–Trinajstić information content (AvgIpc) is 2.46. The van der Waals surface area contributed by atoms with Crippen LogP contribution < -0.4 is 10.2 Å². The molecule has 2 aromatic rings. The number of aromatic nitrogens is 2. The van der Waals surface area contributed by atoms with E-state index in [2.05, 4.69) is 47.2 Å². The first-order valence-electron chi connectivity index (χ1n) is 7.36. The van der Waals surface area contributed by atoms with E-state index in [9.17, 15) is 0 Å². The van der Waals surface area contributed by atoms with Crippen molar-refractivity contribution in [1.29, 1.82) is 0 Å². The maximum atomic E-state index is 4.74. The summed E-state index contributed by atoms with van der Waals surface area (Å²) in [6, 6.07) is 8.89. The van der Waals surface area contributed by atoms with Crippen LogP contribution in [-0.4, -0.2) is 35.6 Å². The molecular formula is C16H22N4. The summed E-state index contributed by atoms with van der Waals surface area (Å²) in [5.74, 6) is 1.68. The number of piperazine rings is 1. The van der Waals surface area contributed by atoms with Gasteiger partial charge in [0.05, 0.1) is 0 Å².